The highest BCUT2D eigenvalue weighted by Crippen LogP contribution is 2.08. The van der Waals surface area contributed by atoms with Crippen molar-refractivity contribution in [3.63, 3.8) is 0 Å². The summed E-state index contributed by atoms with van der Waals surface area (Å²) < 4.78 is 8.94. The zero-order valence-electron chi connectivity index (χ0n) is 10.4. The minimum Gasteiger partial charge on any atom is -0.468 e. The van der Waals surface area contributed by atoms with Crippen LogP contribution in [0.2, 0.25) is 0 Å². The summed E-state index contributed by atoms with van der Waals surface area (Å²) in [5, 5.41) is 0. The van der Waals surface area contributed by atoms with Crippen molar-refractivity contribution in [2.75, 3.05) is 28.3 Å². The first-order valence-corrected chi connectivity index (χ1v) is 4.97. The van der Waals surface area contributed by atoms with Crippen molar-refractivity contribution in [3.05, 3.63) is 12.2 Å². The largest absolute Gasteiger partial charge is 0.468 e. The molecule has 0 rings (SSSR count). The third-order valence-electron chi connectivity index (χ3n) is 2.04. The zero-order chi connectivity index (χ0) is 13.4. The van der Waals surface area contributed by atoms with Gasteiger partial charge in [-0.2, -0.15) is 0 Å². The van der Waals surface area contributed by atoms with Crippen LogP contribution in [0.5, 0.6) is 0 Å². The van der Waals surface area contributed by atoms with E-state index < -0.39 is 17.9 Å². The average Bonchev–Trinajstić information content (AvgIpc) is 2.32. The second kappa shape index (κ2) is 7.43. The number of hydrogen-bond donors (Lipinski definition) is 0. The van der Waals surface area contributed by atoms with Crippen molar-refractivity contribution in [1.29, 1.82) is 0 Å². The molecule has 6 heteroatoms. The van der Waals surface area contributed by atoms with Crippen LogP contribution in [0.25, 0.3) is 0 Å². The predicted molar refractivity (Wildman–Crippen MR) is 60.0 cm³/mol. The lowest BCUT2D eigenvalue weighted by Gasteiger charge is -2.10. The van der Waals surface area contributed by atoms with E-state index in [-0.39, 0.29) is 12.3 Å². The van der Waals surface area contributed by atoms with Crippen molar-refractivity contribution in [3.8, 4) is 0 Å². The van der Waals surface area contributed by atoms with Crippen LogP contribution in [0.15, 0.2) is 12.2 Å². The molecular formula is C11H17NO5. The average molecular weight is 243 g/mol. The summed E-state index contributed by atoms with van der Waals surface area (Å²) in [6.45, 7) is 0. The van der Waals surface area contributed by atoms with Crippen molar-refractivity contribution in [2.24, 2.45) is 5.92 Å². The summed E-state index contributed by atoms with van der Waals surface area (Å²) in [6, 6.07) is 0. The molecule has 0 aromatic heterocycles. The molecule has 0 N–H and O–H groups in total. The maximum Gasteiger partial charge on any atom is 0.320 e. The molecule has 0 radical (unpaired) electrons. The minimum absolute atomic E-state index is 0.0684. The molecule has 0 spiro atoms. The fourth-order valence-electron chi connectivity index (χ4n) is 1.03. The molecule has 0 aliphatic carbocycles. The highest BCUT2D eigenvalue weighted by molar-refractivity contribution is 5.95. The summed E-state index contributed by atoms with van der Waals surface area (Å²) in [5.74, 6) is -2.62. The Morgan fingerprint density at radius 3 is 1.94 bits per heavy atom. The number of ether oxygens (including phenoxy) is 2. The number of amides is 1. The Morgan fingerprint density at radius 1 is 1.12 bits per heavy atom. The molecule has 0 aromatic carbocycles. The van der Waals surface area contributed by atoms with Crippen molar-refractivity contribution in [1.82, 2.24) is 4.90 Å². The Kier molecular flexibility index (Phi) is 6.62. The van der Waals surface area contributed by atoms with Gasteiger partial charge < -0.3 is 14.4 Å². The normalized spacial score (nSPS) is 10.4. The van der Waals surface area contributed by atoms with E-state index >= 15 is 0 Å². The van der Waals surface area contributed by atoms with E-state index in [9.17, 15) is 14.4 Å². The number of allylic oxidation sites excluding steroid dienone is 1. The topological polar surface area (TPSA) is 72.9 Å². The lowest BCUT2D eigenvalue weighted by atomic mass is 10.1. The Bertz CT molecular complexity index is 306. The number of esters is 2. The molecule has 0 fully saturated rings. The molecular weight excluding hydrogens is 226 g/mol. The smallest absolute Gasteiger partial charge is 0.320 e. The summed E-state index contributed by atoms with van der Waals surface area (Å²) in [5.41, 5.74) is 0. The number of methoxy groups -OCH3 is 2. The number of nitrogens with zero attached hydrogens (tertiary/aromatic N) is 1. The van der Waals surface area contributed by atoms with E-state index in [1.807, 2.05) is 0 Å². The quantitative estimate of drug-likeness (QED) is 0.385. The van der Waals surface area contributed by atoms with Gasteiger partial charge in [-0.25, -0.2) is 0 Å². The standard InChI is InChI=1S/C11H17NO5/c1-12(2)9(13)7-5-6-8(10(14)16-3)11(15)17-4/h5,7-8H,6H2,1-4H3/b7-5+. The van der Waals surface area contributed by atoms with E-state index in [4.69, 9.17) is 0 Å². The number of likely N-dealkylation sites (N-methyl/N-ethyl adjacent to an activating group) is 1. The van der Waals surface area contributed by atoms with Crippen molar-refractivity contribution >= 4 is 17.8 Å². The Labute approximate surface area is 100 Å². The molecule has 17 heavy (non-hydrogen) atoms. The molecule has 0 bridgehead atoms. The van der Waals surface area contributed by atoms with Gasteiger partial charge in [0.2, 0.25) is 5.91 Å². The van der Waals surface area contributed by atoms with E-state index in [0.29, 0.717) is 0 Å². The van der Waals surface area contributed by atoms with Crippen LogP contribution in [0.3, 0.4) is 0 Å². The highest BCUT2D eigenvalue weighted by Gasteiger charge is 2.27. The zero-order valence-corrected chi connectivity index (χ0v) is 10.4. The molecule has 1 amide bonds. The van der Waals surface area contributed by atoms with Gasteiger partial charge in [0.1, 0.15) is 0 Å². The monoisotopic (exact) mass is 243 g/mol. The Morgan fingerprint density at radius 2 is 1.59 bits per heavy atom. The Balaban J connectivity index is 4.51. The van der Waals surface area contributed by atoms with E-state index in [2.05, 4.69) is 9.47 Å². The molecule has 0 heterocycles. The number of rotatable bonds is 5. The maximum atomic E-state index is 11.3. The van der Waals surface area contributed by atoms with Crippen molar-refractivity contribution < 1.29 is 23.9 Å². The molecule has 0 aromatic rings. The highest BCUT2D eigenvalue weighted by atomic mass is 16.5. The third-order valence-corrected chi connectivity index (χ3v) is 2.04. The van der Waals surface area contributed by atoms with Gasteiger partial charge in [-0.15, -0.1) is 0 Å². The molecule has 6 nitrogen and oxygen atoms in total. The van der Waals surface area contributed by atoms with Crippen LogP contribution < -0.4 is 0 Å². The summed E-state index contributed by atoms with van der Waals surface area (Å²) >= 11 is 0. The van der Waals surface area contributed by atoms with Gasteiger partial charge in [-0.3, -0.25) is 14.4 Å². The second-order valence-electron chi connectivity index (χ2n) is 3.47. The van der Waals surface area contributed by atoms with Crippen LogP contribution in [-0.2, 0) is 23.9 Å². The van der Waals surface area contributed by atoms with Gasteiger partial charge in [-0.1, -0.05) is 6.08 Å². The number of carbonyl (C=O) groups is 3. The van der Waals surface area contributed by atoms with Crippen LogP contribution >= 0.6 is 0 Å². The summed E-state index contributed by atoms with van der Waals surface area (Å²) in [7, 11) is 5.58. The van der Waals surface area contributed by atoms with Gasteiger partial charge in [0.05, 0.1) is 14.2 Å². The number of carbonyl (C=O) groups excluding carboxylic acids is 3. The Hall–Kier alpha value is -1.85. The van der Waals surface area contributed by atoms with E-state index in [0.717, 1.165) is 0 Å². The molecule has 0 saturated heterocycles. The molecule has 0 atom stereocenters. The van der Waals surface area contributed by atoms with Gasteiger partial charge >= 0.3 is 11.9 Å². The molecule has 0 aliphatic rings. The maximum absolute atomic E-state index is 11.3. The van der Waals surface area contributed by atoms with Crippen LogP contribution in [0.1, 0.15) is 6.42 Å². The first-order valence-electron chi connectivity index (χ1n) is 4.97. The van der Waals surface area contributed by atoms with Gasteiger partial charge in [0.25, 0.3) is 0 Å². The predicted octanol–water partition coefficient (Wildman–Crippen LogP) is -0.0169. The fourth-order valence-corrected chi connectivity index (χ4v) is 1.03. The van der Waals surface area contributed by atoms with Gasteiger partial charge in [0, 0.05) is 14.1 Å². The van der Waals surface area contributed by atoms with Crippen molar-refractivity contribution in [2.45, 2.75) is 6.42 Å². The molecule has 0 saturated carbocycles. The summed E-state index contributed by atoms with van der Waals surface area (Å²) in [4.78, 5) is 35.1. The molecule has 0 aliphatic heterocycles. The van der Waals surface area contributed by atoms with Crippen LogP contribution in [-0.4, -0.2) is 51.1 Å². The van der Waals surface area contributed by atoms with Crippen LogP contribution in [0, 0.1) is 5.92 Å². The van der Waals surface area contributed by atoms with Gasteiger partial charge in [-0.05, 0) is 12.5 Å². The SMILES string of the molecule is COC(=O)C(C/C=C/C(=O)N(C)C)C(=O)OC. The summed E-state index contributed by atoms with van der Waals surface area (Å²) in [6.07, 6.45) is 2.80. The van der Waals surface area contributed by atoms with E-state index in [1.54, 1.807) is 14.1 Å². The van der Waals surface area contributed by atoms with Crippen LogP contribution in [0.4, 0.5) is 0 Å². The number of hydrogen-bond acceptors (Lipinski definition) is 5. The fraction of sp³-hybridized carbons (Fsp3) is 0.545. The first-order chi connectivity index (χ1) is 7.93. The molecule has 96 valence electrons. The minimum atomic E-state index is -1.03. The molecule has 0 unspecified atom stereocenters. The van der Waals surface area contributed by atoms with E-state index in [1.165, 1.54) is 31.3 Å². The first kappa shape index (κ1) is 15.2. The second-order valence-corrected chi connectivity index (χ2v) is 3.47. The lowest BCUT2D eigenvalue weighted by molar-refractivity contribution is -0.158. The lowest BCUT2D eigenvalue weighted by Crippen LogP contribution is -2.26. The van der Waals surface area contributed by atoms with Gasteiger partial charge in [0.15, 0.2) is 5.92 Å². The third kappa shape index (κ3) is 5.14.